The maximum atomic E-state index is 6.78. The highest BCUT2D eigenvalue weighted by molar-refractivity contribution is 4.15. The maximum absolute atomic E-state index is 6.78. The molecule has 1 heteroatoms. The van der Waals surface area contributed by atoms with Gasteiger partial charge in [0.2, 0.25) is 0 Å². The Morgan fingerprint density at radius 1 is 2.50 bits per heavy atom. The monoisotopic (exact) mass is 65.1 g/mol. The highest BCUT2D eigenvalue weighted by atomic mass is 15.1. The average molecular weight is 65.1 g/mol. The molecule has 0 amide bonds. The second kappa shape index (κ2) is 2.96. The molecule has 4 heavy (non-hydrogen) atoms. The van der Waals surface area contributed by atoms with Crippen LogP contribution in [0.5, 0.6) is 0 Å². The van der Waals surface area contributed by atoms with Crippen molar-refractivity contribution in [1.29, 1.82) is 0 Å². The molecule has 1 N–H and O–H groups in total. The average Bonchev–Trinajstić information content (AvgIpc) is 1.21. The zero-order chi connectivity index (χ0) is 6.78. The molecule has 0 atom stereocenters. The van der Waals surface area contributed by atoms with Crippen molar-refractivity contribution in [2.75, 3.05) is 13.5 Å². The van der Waals surface area contributed by atoms with Crippen LogP contribution in [-0.4, -0.2) is 13.5 Å². The fraction of sp³-hybridized carbons (Fsp3) is 1.00. The zero-order valence-electron chi connectivity index (χ0n) is 6.58. The van der Waals surface area contributed by atoms with Gasteiger partial charge in [-0.15, -0.1) is 0 Å². The predicted octanol–water partition coefficient (Wildman–Crippen LogP) is 0.226. The lowest BCUT2D eigenvalue weighted by molar-refractivity contribution is 0.864. The summed E-state index contributed by atoms with van der Waals surface area (Å²) in [4.78, 5) is 0. The Balaban J connectivity index is 3.39. The number of rotatable bonds is 1. The molecule has 0 aliphatic rings. The Morgan fingerprint density at radius 3 is 3.25 bits per heavy atom. The van der Waals surface area contributed by atoms with Gasteiger partial charge in [0, 0.05) is 5.48 Å². The molecule has 0 radical (unpaired) electrons. The van der Waals surface area contributed by atoms with Crippen molar-refractivity contribution in [3.05, 3.63) is 0 Å². The minimum atomic E-state index is -1.60. The number of hydrogen-bond donors (Lipinski definition) is 1. The molecule has 0 bridgehead atoms. The smallest absolute Gasteiger partial charge is 0.0425 e. The Labute approximate surface area is 32.6 Å². The highest BCUT2D eigenvalue weighted by Gasteiger charge is 1.50. The normalized spacial score (nSPS) is 26.5. The van der Waals surface area contributed by atoms with Gasteiger partial charge in [-0.1, -0.05) is 6.92 Å². The van der Waals surface area contributed by atoms with Gasteiger partial charge in [0.15, 0.2) is 0 Å². The Hall–Kier alpha value is -0.0400. The summed E-state index contributed by atoms with van der Waals surface area (Å²) < 4.78 is 26.7. The molecule has 0 rings (SSSR count). The van der Waals surface area contributed by atoms with Gasteiger partial charge in [-0.25, -0.2) is 0 Å². The quantitative estimate of drug-likeness (QED) is 0.431. The zero-order valence-corrected chi connectivity index (χ0v) is 2.58. The van der Waals surface area contributed by atoms with Gasteiger partial charge in [-0.3, -0.25) is 0 Å². The Morgan fingerprint density at radius 2 is 3.25 bits per heavy atom. The molecule has 0 unspecified atom stereocenters. The molecule has 0 heterocycles. The van der Waals surface area contributed by atoms with E-state index in [1.54, 1.807) is 0 Å². The molecule has 0 aromatic heterocycles. The third-order valence-electron chi connectivity index (χ3n) is 0.144. The minimum Gasteiger partial charge on any atom is -0.320 e. The van der Waals surface area contributed by atoms with Gasteiger partial charge in [0.05, 0.1) is 0 Å². The van der Waals surface area contributed by atoms with Gasteiger partial charge in [0.1, 0.15) is 0 Å². The third kappa shape index (κ3) is 1.96. The van der Waals surface area contributed by atoms with Crippen LogP contribution in [0.4, 0.5) is 0 Å². The molecular weight excluding hydrogens is 52.0 g/mol. The van der Waals surface area contributed by atoms with Crippen LogP contribution in [0.25, 0.3) is 0 Å². The van der Waals surface area contributed by atoms with Crippen molar-refractivity contribution in [1.82, 2.24) is 5.32 Å². The lowest BCUT2D eigenvalue weighted by Gasteiger charge is -1.76. The van der Waals surface area contributed by atoms with Gasteiger partial charge < -0.3 is 5.32 Å². The Bertz CT molecular complexity index is 66.2. The van der Waals surface area contributed by atoms with E-state index in [0.717, 1.165) is 0 Å². The first-order valence-corrected chi connectivity index (χ1v) is 1.04. The lowest BCUT2D eigenvalue weighted by atomic mass is 11.2. The third-order valence-corrected chi connectivity index (χ3v) is 0.144. The van der Waals surface area contributed by atoms with E-state index in [9.17, 15) is 0 Å². The van der Waals surface area contributed by atoms with E-state index in [1.165, 1.54) is 6.92 Å². The molecule has 0 saturated carbocycles. The molecule has 0 saturated heterocycles. The van der Waals surface area contributed by atoms with Crippen molar-refractivity contribution in [3.8, 4) is 0 Å². The first-order chi connectivity index (χ1) is 3.42. The van der Waals surface area contributed by atoms with Crippen molar-refractivity contribution < 1.29 is 5.48 Å². The van der Waals surface area contributed by atoms with E-state index in [2.05, 4.69) is 0 Å². The van der Waals surface area contributed by atoms with Crippen LogP contribution >= 0.6 is 0 Å². The summed E-state index contributed by atoms with van der Waals surface area (Å²) in [7, 11) is 0. The van der Waals surface area contributed by atoms with Crippen LogP contribution in [0.3, 0.4) is 0 Å². The molecule has 1 nitrogen and oxygen atoms in total. The molecular formula is C3H9N. The van der Waals surface area contributed by atoms with E-state index in [0.29, 0.717) is 0 Å². The molecule has 0 spiro atoms. The summed E-state index contributed by atoms with van der Waals surface area (Å²) in [6.07, 6.45) is 0. The summed E-state index contributed by atoms with van der Waals surface area (Å²) in [6.45, 7) is -1.62. The van der Waals surface area contributed by atoms with Crippen molar-refractivity contribution in [2.45, 2.75) is 6.92 Å². The van der Waals surface area contributed by atoms with Crippen LogP contribution in [0.1, 0.15) is 12.4 Å². The second-order valence-electron chi connectivity index (χ2n) is 0.394. The first kappa shape index (κ1) is 0.716. The van der Waals surface area contributed by atoms with E-state index >= 15 is 0 Å². The predicted molar refractivity (Wildman–Crippen MR) is 19.6 cm³/mol. The largest absolute Gasteiger partial charge is 0.320 e. The van der Waals surface area contributed by atoms with Gasteiger partial charge in [-0.2, -0.15) is 0 Å². The fourth-order valence-electron chi connectivity index (χ4n) is 0. The van der Waals surface area contributed by atoms with Crippen LogP contribution in [-0.2, 0) is 0 Å². The van der Waals surface area contributed by atoms with Gasteiger partial charge >= 0.3 is 0 Å². The topological polar surface area (TPSA) is 12.0 Å². The number of hydrogen-bond acceptors (Lipinski definition) is 1. The van der Waals surface area contributed by atoms with Crippen molar-refractivity contribution in [3.63, 3.8) is 0 Å². The summed E-state index contributed by atoms with van der Waals surface area (Å²) in [5.74, 6) is 0. The summed E-state index contributed by atoms with van der Waals surface area (Å²) in [5, 5.41) is 2.05. The van der Waals surface area contributed by atoms with Crippen LogP contribution < -0.4 is 5.32 Å². The summed E-state index contributed by atoms with van der Waals surface area (Å²) in [5.41, 5.74) is 0. The minimum absolute atomic E-state index is 1.27. The van der Waals surface area contributed by atoms with Gasteiger partial charge in [0.25, 0.3) is 0 Å². The van der Waals surface area contributed by atoms with Crippen molar-refractivity contribution >= 4 is 0 Å². The van der Waals surface area contributed by atoms with E-state index < -0.39 is 13.5 Å². The van der Waals surface area contributed by atoms with Crippen LogP contribution in [0.2, 0.25) is 0 Å². The molecule has 0 aliphatic carbocycles. The molecule has 0 aliphatic heterocycles. The number of nitrogens with one attached hydrogen (secondary N) is 1. The summed E-state index contributed by atoms with van der Waals surface area (Å²) >= 11 is 0. The molecule has 0 aromatic carbocycles. The SMILES string of the molecule is [2H][13CH]([2H])N[13C]([2H])([2H])C. The van der Waals surface area contributed by atoms with E-state index in [4.69, 9.17) is 5.48 Å². The lowest BCUT2D eigenvalue weighted by Crippen LogP contribution is -2.01. The van der Waals surface area contributed by atoms with Gasteiger partial charge in [-0.05, 0) is 13.5 Å². The second-order valence-corrected chi connectivity index (χ2v) is 0.394. The highest BCUT2D eigenvalue weighted by Crippen LogP contribution is 1.34. The van der Waals surface area contributed by atoms with E-state index in [-0.39, 0.29) is 0 Å². The summed E-state index contributed by atoms with van der Waals surface area (Å²) in [6, 6.07) is 0. The first-order valence-electron chi connectivity index (χ1n) is 3.19. The van der Waals surface area contributed by atoms with Crippen LogP contribution in [0.15, 0.2) is 0 Å². The van der Waals surface area contributed by atoms with E-state index in [1.807, 2.05) is 5.32 Å². The van der Waals surface area contributed by atoms with Crippen LogP contribution in [0, 0.1) is 0 Å². The maximum Gasteiger partial charge on any atom is 0.0425 e. The molecule has 26 valence electrons. The van der Waals surface area contributed by atoms with Crippen molar-refractivity contribution in [2.24, 2.45) is 0 Å². The molecule has 0 fully saturated rings. The fourth-order valence-corrected chi connectivity index (χ4v) is 0. The Kier molecular flexibility index (Phi) is 0.530. The standard InChI is InChI=1S/C3H9N/c1-3-4-2/h4H,3H2,1-2H3/i2+1D2,3+1D2. The molecule has 0 aromatic rings.